The van der Waals surface area contributed by atoms with Crippen LogP contribution in [0.1, 0.15) is 38.9 Å². The molecule has 1 saturated heterocycles. The van der Waals surface area contributed by atoms with Gasteiger partial charge in [0.2, 0.25) is 0 Å². The van der Waals surface area contributed by atoms with Crippen molar-refractivity contribution in [3.63, 3.8) is 0 Å². The number of carbonyl (C=O) groups is 2. The largest absolute Gasteiger partial charge is 0.481 e. The van der Waals surface area contributed by atoms with E-state index < -0.39 is 11.4 Å². The molecule has 2 aliphatic rings. The third-order valence-electron chi connectivity index (χ3n) is 5.13. The van der Waals surface area contributed by atoms with E-state index in [-0.39, 0.29) is 18.5 Å². The molecular formula is C17H24N4O3. The standard InChI is InChI=1S/C17H24N4O3/c1-11(2)6-14-18-7-13(8-19-14)20-16(24)21-9-12-4-3-5-17(12,10-21)15(22)23/h7-8,11-12H,3-6,9-10H2,1-2H3,(H,20,24)(H,22,23)/t12-,17+/m0/s1. The Hall–Kier alpha value is -2.18. The van der Waals surface area contributed by atoms with E-state index in [4.69, 9.17) is 0 Å². The second-order valence-corrected chi connectivity index (χ2v) is 7.35. The molecule has 1 saturated carbocycles. The van der Waals surface area contributed by atoms with E-state index in [9.17, 15) is 14.7 Å². The first-order chi connectivity index (χ1) is 11.4. The van der Waals surface area contributed by atoms with Gasteiger partial charge in [-0.15, -0.1) is 0 Å². The molecule has 0 spiro atoms. The van der Waals surface area contributed by atoms with Gasteiger partial charge in [-0.25, -0.2) is 14.8 Å². The molecule has 1 aromatic rings. The molecule has 1 aromatic heterocycles. The van der Waals surface area contributed by atoms with Gasteiger partial charge in [-0.2, -0.15) is 0 Å². The van der Waals surface area contributed by atoms with Crippen molar-refractivity contribution in [3.8, 4) is 0 Å². The summed E-state index contributed by atoms with van der Waals surface area (Å²) in [5.74, 6) is 0.511. The van der Waals surface area contributed by atoms with Crippen LogP contribution in [-0.4, -0.2) is 45.1 Å². The Labute approximate surface area is 141 Å². The summed E-state index contributed by atoms with van der Waals surface area (Å²) in [6.07, 6.45) is 6.46. The summed E-state index contributed by atoms with van der Waals surface area (Å²) < 4.78 is 0. The lowest BCUT2D eigenvalue weighted by atomic mass is 9.81. The molecule has 7 heteroatoms. The number of likely N-dealkylation sites (tertiary alicyclic amines) is 1. The molecule has 3 rings (SSSR count). The van der Waals surface area contributed by atoms with Crippen molar-refractivity contribution in [3.05, 3.63) is 18.2 Å². The highest BCUT2D eigenvalue weighted by Gasteiger charge is 2.55. The van der Waals surface area contributed by atoms with E-state index in [1.165, 1.54) is 0 Å². The molecule has 1 aliphatic heterocycles. The zero-order valence-electron chi connectivity index (χ0n) is 14.2. The lowest BCUT2D eigenvalue weighted by Gasteiger charge is -2.23. The zero-order chi connectivity index (χ0) is 17.3. The highest BCUT2D eigenvalue weighted by molar-refractivity contribution is 5.90. The Bertz CT molecular complexity index is 631. The summed E-state index contributed by atoms with van der Waals surface area (Å²) in [5.41, 5.74) is -0.219. The Morgan fingerprint density at radius 2 is 2.12 bits per heavy atom. The Balaban J connectivity index is 1.63. The number of urea groups is 1. The van der Waals surface area contributed by atoms with E-state index in [1.807, 2.05) is 0 Å². The number of carboxylic acid groups (broad SMARTS) is 1. The summed E-state index contributed by atoms with van der Waals surface area (Å²) >= 11 is 0. The Morgan fingerprint density at radius 1 is 1.42 bits per heavy atom. The summed E-state index contributed by atoms with van der Waals surface area (Å²) in [4.78, 5) is 34.2. The molecule has 0 aromatic carbocycles. The fraction of sp³-hybridized carbons (Fsp3) is 0.647. The van der Waals surface area contributed by atoms with Crippen molar-refractivity contribution >= 4 is 17.7 Å². The number of aromatic nitrogens is 2. The summed E-state index contributed by atoms with van der Waals surface area (Å²) in [5, 5.41) is 12.4. The minimum Gasteiger partial charge on any atom is -0.481 e. The average Bonchev–Trinajstić information content (AvgIpc) is 3.06. The number of hydrogen-bond donors (Lipinski definition) is 2. The molecule has 2 amide bonds. The number of carboxylic acids is 1. The van der Waals surface area contributed by atoms with Crippen LogP contribution in [0, 0.1) is 17.3 Å². The van der Waals surface area contributed by atoms with Crippen LogP contribution in [-0.2, 0) is 11.2 Å². The number of rotatable bonds is 4. The van der Waals surface area contributed by atoms with Crippen LogP contribution in [0.5, 0.6) is 0 Å². The van der Waals surface area contributed by atoms with Gasteiger partial charge in [-0.1, -0.05) is 20.3 Å². The highest BCUT2D eigenvalue weighted by atomic mass is 16.4. The van der Waals surface area contributed by atoms with Gasteiger partial charge in [0.1, 0.15) is 5.82 Å². The van der Waals surface area contributed by atoms with E-state index in [0.717, 1.165) is 25.1 Å². The molecule has 7 nitrogen and oxygen atoms in total. The highest BCUT2D eigenvalue weighted by Crippen LogP contribution is 2.48. The summed E-state index contributed by atoms with van der Waals surface area (Å²) in [6.45, 7) is 4.98. The van der Waals surface area contributed by atoms with E-state index in [2.05, 4.69) is 29.1 Å². The average molecular weight is 332 g/mol. The van der Waals surface area contributed by atoms with Gasteiger partial charge in [0.15, 0.2) is 0 Å². The first kappa shape index (κ1) is 16.7. The number of fused-ring (bicyclic) bond motifs is 1. The molecular weight excluding hydrogens is 308 g/mol. The van der Waals surface area contributed by atoms with Crippen LogP contribution in [0.3, 0.4) is 0 Å². The van der Waals surface area contributed by atoms with E-state index in [1.54, 1.807) is 17.3 Å². The fourth-order valence-corrected chi connectivity index (χ4v) is 3.89. The second-order valence-electron chi connectivity index (χ2n) is 7.35. The van der Waals surface area contributed by atoms with Crippen molar-refractivity contribution in [1.29, 1.82) is 0 Å². The van der Waals surface area contributed by atoms with Crippen LogP contribution in [0.2, 0.25) is 0 Å². The molecule has 2 fully saturated rings. The van der Waals surface area contributed by atoms with Crippen molar-refractivity contribution in [2.45, 2.75) is 39.5 Å². The van der Waals surface area contributed by atoms with E-state index >= 15 is 0 Å². The van der Waals surface area contributed by atoms with Crippen LogP contribution in [0.4, 0.5) is 10.5 Å². The first-order valence-corrected chi connectivity index (χ1v) is 8.51. The monoisotopic (exact) mass is 332 g/mol. The number of nitrogens with zero attached hydrogens (tertiary/aromatic N) is 3. The maximum absolute atomic E-state index is 12.4. The lowest BCUT2D eigenvalue weighted by Crippen LogP contribution is -2.38. The molecule has 1 aliphatic carbocycles. The molecule has 0 bridgehead atoms. The molecule has 2 N–H and O–H groups in total. The fourth-order valence-electron chi connectivity index (χ4n) is 3.89. The predicted octanol–water partition coefficient (Wildman–Crippen LogP) is 2.39. The normalized spacial score (nSPS) is 25.8. The van der Waals surface area contributed by atoms with Gasteiger partial charge < -0.3 is 15.3 Å². The van der Waals surface area contributed by atoms with Gasteiger partial charge in [-0.3, -0.25) is 4.79 Å². The summed E-state index contributed by atoms with van der Waals surface area (Å²) in [7, 11) is 0. The third kappa shape index (κ3) is 3.07. The van der Waals surface area contributed by atoms with Gasteiger partial charge in [-0.05, 0) is 24.7 Å². The predicted molar refractivity (Wildman–Crippen MR) is 88.6 cm³/mol. The number of amides is 2. The number of nitrogens with one attached hydrogen (secondary N) is 1. The van der Waals surface area contributed by atoms with Gasteiger partial charge >= 0.3 is 12.0 Å². The number of carbonyl (C=O) groups excluding carboxylic acids is 1. The van der Waals surface area contributed by atoms with Crippen molar-refractivity contribution in [2.75, 3.05) is 18.4 Å². The zero-order valence-corrected chi connectivity index (χ0v) is 14.2. The molecule has 2 heterocycles. The number of anilines is 1. The lowest BCUT2D eigenvalue weighted by molar-refractivity contribution is -0.149. The van der Waals surface area contributed by atoms with Crippen LogP contribution >= 0.6 is 0 Å². The smallest absolute Gasteiger partial charge is 0.321 e. The Kier molecular flexibility index (Phi) is 4.43. The molecule has 0 unspecified atom stereocenters. The van der Waals surface area contributed by atoms with Crippen molar-refractivity contribution in [2.24, 2.45) is 17.3 Å². The summed E-state index contributed by atoms with van der Waals surface area (Å²) in [6, 6.07) is -0.273. The van der Waals surface area contributed by atoms with Gasteiger partial charge in [0, 0.05) is 19.5 Å². The maximum atomic E-state index is 12.4. The minimum atomic E-state index is -0.776. The maximum Gasteiger partial charge on any atom is 0.321 e. The number of hydrogen-bond acceptors (Lipinski definition) is 4. The SMILES string of the molecule is CC(C)Cc1ncc(NC(=O)N2C[C@@H]3CCC[C@@]3(C(=O)O)C2)cn1. The Morgan fingerprint density at radius 3 is 2.71 bits per heavy atom. The van der Waals surface area contributed by atoms with Crippen LogP contribution in [0.15, 0.2) is 12.4 Å². The second kappa shape index (κ2) is 6.37. The van der Waals surface area contributed by atoms with Crippen molar-refractivity contribution in [1.82, 2.24) is 14.9 Å². The quantitative estimate of drug-likeness (QED) is 0.882. The van der Waals surface area contributed by atoms with Crippen LogP contribution in [0.25, 0.3) is 0 Å². The minimum absolute atomic E-state index is 0.0606. The third-order valence-corrected chi connectivity index (χ3v) is 5.13. The van der Waals surface area contributed by atoms with Crippen molar-refractivity contribution < 1.29 is 14.7 Å². The molecule has 0 radical (unpaired) electrons. The first-order valence-electron chi connectivity index (χ1n) is 8.51. The molecule has 130 valence electrons. The topological polar surface area (TPSA) is 95.4 Å². The van der Waals surface area contributed by atoms with Gasteiger partial charge in [0.05, 0.1) is 23.5 Å². The molecule has 24 heavy (non-hydrogen) atoms. The number of aliphatic carboxylic acids is 1. The molecule has 2 atom stereocenters. The van der Waals surface area contributed by atoms with E-state index in [0.29, 0.717) is 24.6 Å². The van der Waals surface area contributed by atoms with Crippen LogP contribution < -0.4 is 5.32 Å². The van der Waals surface area contributed by atoms with Gasteiger partial charge in [0.25, 0.3) is 0 Å².